The normalized spacial score (nSPS) is 40.7. The number of carbonyl (C=O) groups excluding carboxylic acids is 3. The Labute approximate surface area is 161 Å². The van der Waals surface area contributed by atoms with Gasteiger partial charge in [0.1, 0.15) is 11.9 Å². The van der Waals surface area contributed by atoms with Crippen LogP contribution in [0.15, 0.2) is 23.3 Å². The maximum atomic E-state index is 13.1. The molecule has 2 saturated carbocycles. The zero-order valence-corrected chi connectivity index (χ0v) is 16.6. The Bertz CT molecular complexity index is 745. The second-order valence-corrected chi connectivity index (χ2v) is 9.32. The average molecular weight is 370 g/mol. The lowest BCUT2D eigenvalue weighted by Crippen LogP contribution is -2.39. The summed E-state index contributed by atoms with van der Waals surface area (Å²) in [5, 5.41) is 0. The van der Waals surface area contributed by atoms with Gasteiger partial charge in [0.2, 0.25) is 0 Å². The van der Waals surface area contributed by atoms with Crippen molar-refractivity contribution in [2.75, 3.05) is 0 Å². The molecule has 6 atom stereocenters. The highest BCUT2D eigenvalue weighted by Gasteiger charge is 2.54. The van der Waals surface area contributed by atoms with Gasteiger partial charge in [-0.25, -0.2) is 0 Å². The topological polar surface area (TPSA) is 60.4 Å². The van der Waals surface area contributed by atoms with Gasteiger partial charge in [-0.15, -0.1) is 0 Å². The zero-order valence-electron chi connectivity index (χ0n) is 16.6. The first kappa shape index (κ1) is 18.6. The number of ether oxygens (including phenoxy) is 1. The SMILES string of the molecule is CC(=O)O[C@H]1CC=C2C[C@@H](C1)C(=O)C=C1[C@@H]2CC[C@]2(C)[C@@H](C(C)=O)CC[C@@H]12. The minimum absolute atomic E-state index is 0.00376. The average Bonchev–Trinajstić information content (AvgIpc) is 2.73. The Morgan fingerprint density at radius 3 is 2.67 bits per heavy atom. The predicted octanol–water partition coefficient (Wildman–Crippen LogP) is 4.19. The Morgan fingerprint density at radius 1 is 1.19 bits per heavy atom. The molecule has 4 nitrogen and oxygen atoms in total. The van der Waals surface area contributed by atoms with E-state index in [1.807, 2.05) is 6.08 Å². The van der Waals surface area contributed by atoms with Crippen molar-refractivity contribution in [2.24, 2.45) is 29.1 Å². The summed E-state index contributed by atoms with van der Waals surface area (Å²) >= 11 is 0. The summed E-state index contributed by atoms with van der Waals surface area (Å²) in [6, 6.07) is 0. The molecular formula is C23H30O4. The second kappa shape index (κ2) is 6.72. The highest BCUT2D eigenvalue weighted by atomic mass is 16.5. The quantitative estimate of drug-likeness (QED) is 0.540. The van der Waals surface area contributed by atoms with Crippen LogP contribution in [0.3, 0.4) is 0 Å². The molecule has 0 aromatic carbocycles. The fourth-order valence-corrected chi connectivity index (χ4v) is 6.53. The number of allylic oxidation sites excluding steroid dienone is 3. The molecule has 0 saturated heterocycles. The minimum Gasteiger partial charge on any atom is -0.462 e. The van der Waals surface area contributed by atoms with Crippen LogP contribution in [0.5, 0.6) is 0 Å². The van der Waals surface area contributed by atoms with E-state index in [0.29, 0.717) is 30.5 Å². The molecule has 2 bridgehead atoms. The summed E-state index contributed by atoms with van der Waals surface area (Å²) < 4.78 is 5.44. The first-order valence-electron chi connectivity index (χ1n) is 10.4. The molecule has 0 radical (unpaired) electrons. The molecule has 146 valence electrons. The van der Waals surface area contributed by atoms with Gasteiger partial charge in [-0.3, -0.25) is 14.4 Å². The van der Waals surface area contributed by atoms with E-state index in [-0.39, 0.29) is 35.1 Å². The zero-order chi connectivity index (χ0) is 19.3. The van der Waals surface area contributed by atoms with Gasteiger partial charge >= 0.3 is 5.97 Å². The van der Waals surface area contributed by atoms with E-state index in [0.717, 1.165) is 32.1 Å². The molecule has 0 aliphatic heterocycles. The number of ketones is 2. The monoisotopic (exact) mass is 370 g/mol. The lowest BCUT2D eigenvalue weighted by Gasteiger charge is -2.45. The number of rotatable bonds is 2. The molecular weight excluding hydrogens is 340 g/mol. The highest BCUT2D eigenvalue weighted by molar-refractivity contribution is 5.93. The molecule has 4 rings (SSSR count). The fourth-order valence-electron chi connectivity index (χ4n) is 6.53. The Balaban J connectivity index is 1.67. The highest BCUT2D eigenvalue weighted by Crippen LogP contribution is 2.61. The van der Waals surface area contributed by atoms with Crippen LogP contribution in [0, 0.1) is 29.1 Å². The van der Waals surface area contributed by atoms with Crippen molar-refractivity contribution in [1.29, 1.82) is 0 Å². The Hall–Kier alpha value is -1.71. The van der Waals surface area contributed by atoms with E-state index >= 15 is 0 Å². The van der Waals surface area contributed by atoms with Crippen molar-refractivity contribution in [3.63, 3.8) is 0 Å². The molecule has 0 spiro atoms. The maximum absolute atomic E-state index is 13.1. The van der Waals surface area contributed by atoms with Crippen LogP contribution >= 0.6 is 0 Å². The van der Waals surface area contributed by atoms with Crippen molar-refractivity contribution < 1.29 is 19.1 Å². The molecule has 0 amide bonds. The summed E-state index contributed by atoms with van der Waals surface area (Å²) in [6.45, 7) is 5.43. The van der Waals surface area contributed by atoms with Gasteiger partial charge in [-0.05, 0) is 62.9 Å². The smallest absolute Gasteiger partial charge is 0.302 e. The third kappa shape index (κ3) is 3.11. The molecule has 2 fully saturated rings. The minimum atomic E-state index is -0.272. The van der Waals surface area contributed by atoms with Crippen LogP contribution in [-0.4, -0.2) is 23.6 Å². The number of carbonyl (C=O) groups is 3. The summed E-state index contributed by atoms with van der Waals surface area (Å²) in [5.41, 5.74) is 2.65. The van der Waals surface area contributed by atoms with Crippen molar-refractivity contribution in [2.45, 2.75) is 71.8 Å². The molecule has 0 heterocycles. The van der Waals surface area contributed by atoms with E-state index in [2.05, 4.69) is 13.0 Å². The number of fused-ring (bicyclic) bond motifs is 6. The third-order valence-electron chi connectivity index (χ3n) is 7.77. The fraction of sp³-hybridized carbons (Fsp3) is 0.696. The molecule has 0 unspecified atom stereocenters. The molecule has 4 aliphatic carbocycles. The van der Waals surface area contributed by atoms with Gasteiger partial charge in [0.15, 0.2) is 5.78 Å². The molecule has 27 heavy (non-hydrogen) atoms. The standard InChI is InChI=1S/C23H30O4/c1-13(24)20-6-7-21-19-12-22(26)16-10-15(18(19)8-9-23(20,21)3)4-5-17(11-16)27-14(2)25/h4,12,16-18,20-21H,5-11H2,1-3H3/t16-,17-,18+,20+,21-,23+/m0/s1. The van der Waals surface area contributed by atoms with E-state index in [4.69, 9.17) is 4.74 Å². The van der Waals surface area contributed by atoms with E-state index in [9.17, 15) is 14.4 Å². The summed E-state index contributed by atoms with van der Waals surface area (Å²) in [7, 11) is 0. The Kier molecular flexibility index (Phi) is 4.64. The summed E-state index contributed by atoms with van der Waals surface area (Å²) in [5.74, 6) is 0.945. The molecule has 0 aromatic heterocycles. The van der Waals surface area contributed by atoms with Crippen LogP contribution in [0.25, 0.3) is 0 Å². The molecule has 0 N–H and O–H groups in total. The maximum Gasteiger partial charge on any atom is 0.302 e. The van der Waals surface area contributed by atoms with Crippen LogP contribution in [0.4, 0.5) is 0 Å². The van der Waals surface area contributed by atoms with Gasteiger partial charge < -0.3 is 4.74 Å². The number of hydrogen-bond donors (Lipinski definition) is 0. The van der Waals surface area contributed by atoms with Crippen molar-refractivity contribution in [3.8, 4) is 0 Å². The van der Waals surface area contributed by atoms with Gasteiger partial charge in [0.05, 0.1) is 0 Å². The van der Waals surface area contributed by atoms with Crippen LogP contribution in [0.2, 0.25) is 0 Å². The number of hydrogen-bond acceptors (Lipinski definition) is 4. The number of Topliss-reactive ketones (excluding diaryl/α,β-unsaturated/α-hetero) is 1. The molecule has 4 heteroatoms. The third-order valence-corrected chi connectivity index (χ3v) is 7.77. The van der Waals surface area contributed by atoms with Gasteiger partial charge in [0, 0.05) is 31.1 Å². The van der Waals surface area contributed by atoms with E-state index in [1.165, 1.54) is 18.1 Å². The first-order chi connectivity index (χ1) is 12.8. The van der Waals surface area contributed by atoms with Gasteiger partial charge in [-0.1, -0.05) is 24.1 Å². The summed E-state index contributed by atoms with van der Waals surface area (Å²) in [4.78, 5) is 36.6. The van der Waals surface area contributed by atoms with Crippen LogP contribution in [-0.2, 0) is 19.1 Å². The van der Waals surface area contributed by atoms with E-state index < -0.39 is 0 Å². The van der Waals surface area contributed by atoms with Gasteiger partial charge in [0.25, 0.3) is 0 Å². The number of esters is 1. The largest absolute Gasteiger partial charge is 0.462 e. The first-order valence-corrected chi connectivity index (χ1v) is 10.4. The molecule has 4 aliphatic rings. The van der Waals surface area contributed by atoms with Crippen molar-refractivity contribution in [3.05, 3.63) is 23.3 Å². The van der Waals surface area contributed by atoms with Crippen LogP contribution < -0.4 is 0 Å². The predicted molar refractivity (Wildman–Crippen MR) is 102 cm³/mol. The lowest BCUT2D eigenvalue weighted by molar-refractivity contribution is -0.147. The molecule has 0 aromatic rings. The van der Waals surface area contributed by atoms with Crippen molar-refractivity contribution in [1.82, 2.24) is 0 Å². The van der Waals surface area contributed by atoms with E-state index in [1.54, 1.807) is 6.92 Å². The van der Waals surface area contributed by atoms with Crippen LogP contribution in [0.1, 0.15) is 65.7 Å². The lowest BCUT2D eigenvalue weighted by atomic mass is 9.59. The second-order valence-electron chi connectivity index (χ2n) is 9.32. The van der Waals surface area contributed by atoms with Gasteiger partial charge in [-0.2, -0.15) is 0 Å². The summed E-state index contributed by atoms with van der Waals surface area (Å²) in [6.07, 6.45) is 10.1. The van der Waals surface area contributed by atoms with Crippen molar-refractivity contribution >= 4 is 17.5 Å². The Morgan fingerprint density at radius 2 is 1.96 bits per heavy atom.